The van der Waals surface area contributed by atoms with Crippen molar-refractivity contribution in [3.05, 3.63) is 12.7 Å². The van der Waals surface area contributed by atoms with Crippen molar-refractivity contribution in [2.45, 2.75) is 57.7 Å². The van der Waals surface area contributed by atoms with Gasteiger partial charge in [0, 0.05) is 5.54 Å². The van der Waals surface area contributed by atoms with E-state index in [9.17, 15) is 4.21 Å². The van der Waals surface area contributed by atoms with E-state index in [0.717, 1.165) is 12.8 Å². The molecule has 0 saturated heterocycles. The largest absolute Gasteiger partial charge is 0.242 e. The molecule has 2 nitrogen and oxygen atoms in total. The molecule has 2 atom stereocenters. The first kappa shape index (κ1) is 13.8. The zero-order valence-corrected chi connectivity index (χ0v) is 10.8. The van der Waals surface area contributed by atoms with Crippen LogP contribution in [0.1, 0.15) is 47.5 Å². The highest BCUT2D eigenvalue weighted by atomic mass is 32.2. The van der Waals surface area contributed by atoms with Gasteiger partial charge in [-0.2, -0.15) is 0 Å². The fraction of sp³-hybridized carbons (Fsp3) is 0.818. The summed E-state index contributed by atoms with van der Waals surface area (Å²) in [5.41, 5.74) is -0.0973. The van der Waals surface area contributed by atoms with Crippen LogP contribution >= 0.6 is 0 Å². The minimum Gasteiger partial charge on any atom is -0.242 e. The first-order chi connectivity index (χ1) is 6.25. The molecule has 0 heterocycles. The van der Waals surface area contributed by atoms with Gasteiger partial charge in [-0.15, -0.1) is 6.58 Å². The van der Waals surface area contributed by atoms with E-state index in [2.05, 4.69) is 25.1 Å². The summed E-state index contributed by atoms with van der Waals surface area (Å²) < 4.78 is 14.9. The maximum absolute atomic E-state index is 11.9. The van der Waals surface area contributed by atoms with E-state index in [1.807, 2.05) is 26.8 Å². The van der Waals surface area contributed by atoms with Crippen molar-refractivity contribution in [3.8, 4) is 0 Å². The summed E-state index contributed by atoms with van der Waals surface area (Å²) in [4.78, 5) is 0. The molecule has 0 fully saturated rings. The quantitative estimate of drug-likeness (QED) is 0.705. The van der Waals surface area contributed by atoms with Gasteiger partial charge >= 0.3 is 0 Å². The van der Waals surface area contributed by atoms with E-state index in [0.29, 0.717) is 0 Å². The first-order valence-electron chi connectivity index (χ1n) is 5.06. The van der Waals surface area contributed by atoms with E-state index in [4.69, 9.17) is 0 Å². The van der Waals surface area contributed by atoms with Crippen LogP contribution < -0.4 is 4.72 Å². The van der Waals surface area contributed by atoms with E-state index < -0.39 is 11.0 Å². The SMILES string of the molecule is C=CC[C@@](C)(CC)N[S@@](=O)C(C)(C)C. The second kappa shape index (κ2) is 5.08. The molecule has 0 bridgehead atoms. The molecule has 0 aromatic rings. The van der Waals surface area contributed by atoms with Crippen molar-refractivity contribution in [3.63, 3.8) is 0 Å². The average Bonchev–Trinajstić information content (AvgIpc) is 2.03. The summed E-state index contributed by atoms with van der Waals surface area (Å²) in [5.74, 6) is 0. The molecule has 0 amide bonds. The zero-order valence-electron chi connectivity index (χ0n) is 10.0. The van der Waals surface area contributed by atoms with Crippen LogP contribution in [0.25, 0.3) is 0 Å². The van der Waals surface area contributed by atoms with E-state index >= 15 is 0 Å². The lowest BCUT2D eigenvalue weighted by Crippen LogP contribution is -2.47. The normalized spacial score (nSPS) is 18.6. The Balaban J connectivity index is 4.46. The monoisotopic (exact) mass is 217 g/mol. The van der Waals surface area contributed by atoms with E-state index in [-0.39, 0.29) is 10.3 Å². The molecule has 0 aliphatic rings. The summed E-state index contributed by atoms with van der Waals surface area (Å²) in [6.45, 7) is 13.8. The van der Waals surface area contributed by atoms with Gasteiger partial charge in [-0.1, -0.05) is 13.0 Å². The van der Waals surface area contributed by atoms with E-state index in [1.165, 1.54) is 0 Å². The minimum atomic E-state index is -1.01. The smallest absolute Gasteiger partial charge is 0.0975 e. The third kappa shape index (κ3) is 4.38. The van der Waals surface area contributed by atoms with Crippen LogP contribution in [0.4, 0.5) is 0 Å². The fourth-order valence-electron chi connectivity index (χ4n) is 0.954. The standard InChI is InChI=1S/C11H23NOS/c1-7-9-11(6,8-2)12-14(13)10(3,4)5/h7,12H,1,8-9H2,2-6H3/t11-,14+/m1/s1. The predicted molar refractivity (Wildman–Crippen MR) is 64.5 cm³/mol. The second-order valence-corrected chi connectivity index (χ2v) is 6.86. The zero-order chi connectivity index (χ0) is 11.4. The highest BCUT2D eigenvalue weighted by Gasteiger charge is 2.28. The van der Waals surface area contributed by atoms with Gasteiger partial charge < -0.3 is 0 Å². The Morgan fingerprint density at radius 1 is 1.36 bits per heavy atom. The first-order valence-corrected chi connectivity index (χ1v) is 6.21. The summed E-state index contributed by atoms with van der Waals surface area (Å²) in [6, 6.07) is 0. The predicted octanol–water partition coefficient (Wildman–Crippen LogP) is 2.78. The van der Waals surface area contributed by atoms with Gasteiger partial charge in [-0.05, 0) is 40.5 Å². The molecule has 0 spiro atoms. The average molecular weight is 217 g/mol. The van der Waals surface area contributed by atoms with Gasteiger partial charge in [-0.25, -0.2) is 8.93 Å². The molecule has 14 heavy (non-hydrogen) atoms. The van der Waals surface area contributed by atoms with Crippen molar-refractivity contribution >= 4 is 11.0 Å². The van der Waals surface area contributed by atoms with Crippen molar-refractivity contribution < 1.29 is 4.21 Å². The van der Waals surface area contributed by atoms with Crippen LogP contribution in [0.2, 0.25) is 0 Å². The minimum absolute atomic E-state index is 0.0973. The maximum atomic E-state index is 11.9. The third-order valence-electron chi connectivity index (χ3n) is 2.27. The van der Waals surface area contributed by atoms with Gasteiger partial charge in [-0.3, -0.25) is 0 Å². The Bertz CT molecular complexity index is 220. The molecule has 0 radical (unpaired) electrons. The lowest BCUT2D eigenvalue weighted by atomic mass is 9.96. The highest BCUT2D eigenvalue weighted by molar-refractivity contribution is 7.84. The Morgan fingerprint density at radius 3 is 2.14 bits per heavy atom. The topological polar surface area (TPSA) is 29.1 Å². The molecular weight excluding hydrogens is 194 g/mol. The molecule has 3 heteroatoms. The molecular formula is C11H23NOS. The molecule has 0 aromatic heterocycles. The number of rotatable bonds is 5. The Hall–Kier alpha value is -0.150. The second-order valence-electron chi connectivity index (χ2n) is 4.89. The van der Waals surface area contributed by atoms with Gasteiger partial charge in [0.15, 0.2) is 0 Å². The highest BCUT2D eigenvalue weighted by Crippen LogP contribution is 2.19. The van der Waals surface area contributed by atoms with Crippen LogP contribution in [-0.2, 0) is 11.0 Å². The third-order valence-corrected chi connectivity index (χ3v) is 4.06. The number of nitrogens with one attached hydrogen (secondary N) is 1. The molecule has 0 aliphatic heterocycles. The van der Waals surface area contributed by atoms with Crippen molar-refractivity contribution in [1.82, 2.24) is 4.72 Å². The van der Waals surface area contributed by atoms with Crippen molar-refractivity contribution in [1.29, 1.82) is 0 Å². The Morgan fingerprint density at radius 2 is 1.86 bits per heavy atom. The molecule has 84 valence electrons. The van der Waals surface area contributed by atoms with Crippen LogP contribution in [0.15, 0.2) is 12.7 Å². The van der Waals surface area contributed by atoms with E-state index in [1.54, 1.807) is 0 Å². The van der Waals surface area contributed by atoms with Crippen LogP contribution in [0, 0.1) is 0 Å². The van der Waals surface area contributed by atoms with Crippen LogP contribution in [0.5, 0.6) is 0 Å². The van der Waals surface area contributed by atoms with Gasteiger partial charge in [0.25, 0.3) is 0 Å². The fourth-order valence-corrected chi connectivity index (χ4v) is 1.94. The lowest BCUT2D eigenvalue weighted by Gasteiger charge is -2.31. The summed E-state index contributed by atoms with van der Waals surface area (Å²) in [5, 5.41) is 0. The van der Waals surface area contributed by atoms with Crippen molar-refractivity contribution in [2.24, 2.45) is 0 Å². The molecule has 0 saturated carbocycles. The lowest BCUT2D eigenvalue weighted by molar-refractivity contribution is 0.413. The van der Waals surface area contributed by atoms with Gasteiger partial charge in [0.2, 0.25) is 0 Å². The van der Waals surface area contributed by atoms with Crippen molar-refractivity contribution in [2.75, 3.05) is 0 Å². The van der Waals surface area contributed by atoms with Gasteiger partial charge in [0.05, 0.1) is 15.7 Å². The number of hydrogen-bond acceptors (Lipinski definition) is 1. The van der Waals surface area contributed by atoms with Gasteiger partial charge in [0.1, 0.15) is 0 Å². The molecule has 0 aliphatic carbocycles. The van der Waals surface area contributed by atoms with Crippen LogP contribution in [0.3, 0.4) is 0 Å². The van der Waals surface area contributed by atoms with Crippen LogP contribution in [-0.4, -0.2) is 14.5 Å². The Labute approximate surface area is 90.8 Å². The summed E-state index contributed by atoms with van der Waals surface area (Å²) >= 11 is 0. The summed E-state index contributed by atoms with van der Waals surface area (Å²) in [7, 11) is -1.01. The number of hydrogen-bond donors (Lipinski definition) is 1. The Kier molecular flexibility index (Phi) is 5.02. The molecule has 0 aromatic carbocycles. The molecule has 0 unspecified atom stereocenters. The molecule has 0 rings (SSSR count). The maximum Gasteiger partial charge on any atom is 0.0975 e. The molecule has 1 N–H and O–H groups in total. The summed E-state index contributed by atoms with van der Waals surface area (Å²) in [6.07, 6.45) is 3.66.